The molecule has 0 bridgehead atoms. The van der Waals surface area contributed by atoms with Gasteiger partial charge in [0.05, 0.1) is 17.8 Å². The molecule has 0 spiro atoms. The summed E-state index contributed by atoms with van der Waals surface area (Å²) >= 11 is 0. The van der Waals surface area contributed by atoms with Crippen LogP contribution in [0.1, 0.15) is 13.3 Å². The van der Waals surface area contributed by atoms with Crippen LogP contribution in [0.5, 0.6) is 0 Å². The minimum Gasteiger partial charge on any atom is -0.481 e. The van der Waals surface area contributed by atoms with Crippen molar-refractivity contribution in [2.45, 2.75) is 13.3 Å². The lowest BCUT2D eigenvalue weighted by Gasteiger charge is -2.22. The zero-order chi connectivity index (χ0) is 11.9. The summed E-state index contributed by atoms with van der Waals surface area (Å²) in [5, 5.41) is 9.02. The lowest BCUT2D eigenvalue weighted by molar-refractivity contribution is -0.147. The van der Waals surface area contributed by atoms with E-state index in [2.05, 4.69) is 0 Å². The van der Waals surface area contributed by atoms with Gasteiger partial charge in [-0.25, -0.2) is 0 Å². The number of hydrogen-bond acceptors (Lipinski definition) is 3. The molecule has 3 atom stereocenters. The van der Waals surface area contributed by atoms with E-state index in [0.717, 1.165) is 4.90 Å². The van der Waals surface area contributed by atoms with Crippen molar-refractivity contribution in [3.8, 4) is 0 Å². The Morgan fingerprint density at radius 3 is 2.75 bits per heavy atom. The van der Waals surface area contributed by atoms with Crippen molar-refractivity contribution in [1.29, 1.82) is 0 Å². The summed E-state index contributed by atoms with van der Waals surface area (Å²) in [6.07, 6.45) is 3.67. The molecule has 0 aromatic rings. The quantitative estimate of drug-likeness (QED) is 0.538. The third-order valence-corrected chi connectivity index (χ3v) is 3.29. The van der Waals surface area contributed by atoms with Crippen LogP contribution in [0, 0.1) is 17.8 Å². The molecule has 0 saturated carbocycles. The van der Waals surface area contributed by atoms with E-state index in [9.17, 15) is 14.4 Å². The zero-order valence-corrected chi connectivity index (χ0v) is 8.92. The first-order valence-electron chi connectivity index (χ1n) is 5.32. The maximum absolute atomic E-state index is 11.9. The van der Waals surface area contributed by atoms with Gasteiger partial charge in [-0.05, 0) is 13.3 Å². The summed E-state index contributed by atoms with van der Waals surface area (Å²) in [7, 11) is 0. The molecule has 2 rings (SSSR count). The number of aliphatic carboxylic acids is 1. The maximum Gasteiger partial charge on any atom is 0.311 e. The molecular weight excluding hydrogens is 210 g/mol. The molecule has 86 valence electrons. The van der Waals surface area contributed by atoms with Crippen molar-refractivity contribution in [2.75, 3.05) is 6.54 Å². The molecule has 1 heterocycles. The molecule has 1 fully saturated rings. The minimum absolute atomic E-state index is 0.229. The van der Waals surface area contributed by atoms with E-state index in [-0.39, 0.29) is 11.8 Å². The van der Waals surface area contributed by atoms with Crippen LogP contribution >= 0.6 is 0 Å². The van der Waals surface area contributed by atoms with Crippen LogP contribution in [0.15, 0.2) is 12.2 Å². The molecule has 1 aliphatic heterocycles. The van der Waals surface area contributed by atoms with Gasteiger partial charge in [0.2, 0.25) is 11.8 Å². The number of nitrogens with zero attached hydrogens (tertiary/aromatic N) is 1. The highest BCUT2D eigenvalue weighted by Gasteiger charge is 2.52. The van der Waals surface area contributed by atoms with E-state index in [1.165, 1.54) is 6.08 Å². The average molecular weight is 223 g/mol. The van der Waals surface area contributed by atoms with E-state index in [4.69, 9.17) is 5.11 Å². The average Bonchev–Trinajstić information content (AvgIpc) is 2.51. The Kier molecular flexibility index (Phi) is 2.53. The van der Waals surface area contributed by atoms with Crippen molar-refractivity contribution < 1.29 is 19.5 Å². The second-order valence-electron chi connectivity index (χ2n) is 4.08. The third-order valence-electron chi connectivity index (χ3n) is 3.29. The van der Waals surface area contributed by atoms with Gasteiger partial charge in [0.1, 0.15) is 0 Å². The van der Waals surface area contributed by atoms with Crippen LogP contribution in [0.2, 0.25) is 0 Å². The van der Waals surface area contributed by atoms with Gasteiger partial charge in [0, 0.05) is 6.54 Å². The summed E-state index contributed by atoms with van der Waals surface area (Å²) in [6, 6.07) is 0. The zero-order valence-electron chi connectivity index (χ0n) is 8.92. The Morgan fingerprint density at radius 1 is 1.50 bits per heavy atom. The molecule has 5 heteroatoms. The Balaban J connectivity index is 2.36. The molecule has 2 aliphatic rings. The number of carboxylic acid groups (broad SMARTS) is 1. The lowest BCUT2D eigenvalue weighted by atomic mass is 9.77. The predicted octanol–water partition coefficient (Wildman–Crippen LogP) is 0.268. The molecule has 0 aromatic heterocycles. The van der Waals surface area contributed by atoms with Gasteiger partial charge < -0.3 is 5.11 Å². The van der Waals surface area contributed by atoms with E-state index in [0.29, 0.717) is 13.0 Å². The standard InChI is InChI=1S/C11H13NO4/c1-2-12-9(13)6-4-3-5-7(11(15)16)8(6)10(12)14/h3,5-8H,2,4H2,1H3,(H,15,16)/t6-,7+,8-/m1/s1. The van der Waals surface area contributed by atoms with Crippen molar-refractivity contribution in [1.82, 2.24) is 4.90 Å². The highest BCUT2D eigenvalue weighted by molar-refractivity contribution is 6.07. The molecular formula is C11H13NO4. The smallest absolute Gasteiger partial charge is 0.311 e. The molecule has 2 amide bonds. The number of carbonyl (C=O) groups is 3. The van der Waals surface area contributed by atoms with Crippen LogP contribution < -0.4 is 0 Å². The van der Waals surface area contributed by atoms with Gasteiger partial charge in [0.25, 0.3) is 0 Å². The number of hydrogen-bond donors (Lipinski definition) is 1. The van der Waals surface area contributed by atoms with E-state index >= 15 is 0 Å². The lowest BCUT2D eigenvalue weighted by Crippen LogP contribution is -2.34. The second-order valence-corrected chi connectivity index (χ2v) is 4.08. The van der Waals surface area contributed by atoms with Crippen molar-refractivity contribution in [2.24, 2.45) is 17.8 Å². The van der Waals surface area contributed by atoms with E-state index < -0.39 is 23.7 Å². The minimum atomic E-state index is -1.04. The Morgan fingerprint density at radius 2 is 2.19 bits per heavy atom. The van der Waals surface area contributed by atoms with Gasteiger partial charge in [-0.2, -0.15) is 0 Å². The third kappa shape index (κ3) is 1.35. The van der Waals surface area contributed by atoms with E-state index in [1.807, 2.05) is 0 Å². The number of fused-ring (bicyclic) bond motifs is 1. The first-order valence-corrected chi connectivity index (χ1v) is 5.32. The van der Waals surface area contributed by atoms with Crippen molar-refractivity contribution in [3.63, 3.8) is 0 Å². The predicted molar refractivity (Wildman–Crippen MR) is 54.3 cm³/mol. The molecule has 0 aromatic carbocycles. The first kappa shape index (κ1) is 10.9. The number of amides is 2. The number of carboxylic acids is 1. The van der Waals surface area contributed by atoms with Gasteiger partial charge in [-0.3, -0.25) is 19.3 Å². The van der Waals surface area contributed by atoms with Crippen LogP contribution in [0.3, 0.4) is 0 Å². The van der Waals surface area contributed by atoms with Crippen LogP contribution in [0.4, 0.5) is 0 Å². The molecule has 1 aliphatic carbocycles. The van der Waals surface area contributed by atoms with Crippen molar-refractivity contribution in [3.05, 3.63) is 12.2 Å². The Hall–Kier alpha value is -1.65. The monoisotopic (exact) mass is 223 g/mol. The Bertz CT molecular complexity index is 387. The molecule has 1 N–H and O–H groups in total. The number of likely N-dealkylation sites (tertiary alicyclic amines) is 1. The van der Waals surface area contributed by atoms with Crippen LogP contribution in [-0.2, 0) is 14.4 Å². The normalized spacial score (nSPS) is 33.1. The molecule has 0 radical (unpaired) electrons. The molecule has 16 heavy (non-hydrogen) atoms. The van der Waals surface area contributed by atoms with Gasteiger partial charge >= 0.3 is 5.97 Å². The topological polar surface area (TPSA) is 74.7 Å². The number of carbonyl (C=O) groups excluding carboxylic acids is 2. The largest absolute Gasteiger partial charge is 0.481 e. The van der Waals surface area contributed by atoms with Gasteiger partial charge in [-0.15, -0.1) is 0 Å². The summed E-state index contributed by atoms with van der Waals surface area (Å²) in [4.78, 5) is 35.9. The fraction of sp³-hybridized carbons (Fsp3) is 0.545. The number of allylic oxidation sites excluding steroid dienone is 1. The highest BCUT2D eigenvalue weighted by Crippen LogP contribution is 2.38. The van der Waals surface area contributed by atoms with Crippen molar-refractivity contribution >= 4 is 17.8 Å². The number of rotatable bonds is 2. The summed E-state index contributed by atoms with van der Waals surface area (Å²) in [6.45, 7) is 2.04. The molecule has 1 saturated heterocycles. The van der Waals surface area contributed by atoms with Crippen LogP contribution in [0.25, 0.3) is 0 Å². The van der Waals surface area contributed by atoms with Crippen LogP contribution in [-0.4, -0.2) is 34.3 Å². The Labute approximate surface area is 92.7 Å². The van der Waals surface area contributed by atoms with Gasteiger partial charge in [0.15, 0.2) is 0 Å². The highest BCUT2D eigenvalue weighted by atomic mass is 16.4. The summed E-state index contributed by atoms with van der Waals surface area (Å²) < 4.78 is 0. The summed E-state index contributed by atoms with van der Waals surface area (Å²) in [5.41, 5.74) is 0. The fourth-order valence-electron chi connectivity index (χ4n) is 2.50. The van der Waals surface area contributed by atoms with Gasteiger partial charge in [-0.1, -0.05) is 12.2 Å². The maximum atomic E-state index is 11.9. The molecule has 0 unspecified atom stereocenters. The second kappa shape index (κ2) is 3.73. The summed E-state index contributed by atoms with van der Waals surface area (Å²) in [5.74, 6) is -3.63. The SMILES string of the molecule is CCN1C(=O)[C@H]2[C@@H](C(=O)O)C=CC[C@H]2C1=O. The first-order chi connectivity index (χ1) is 7.57. The molecule has 5 nitrogen and oxygen atoms in total. The van der Waals surface area contributed by atoms with E-state index in [1.54, 1.807) is 13.0 Å². The number of imide groups is 1. The fourth-order valence-corrected chi connectivity index (χ4v) is 2.50.